The molecule has 2 heteroatoms. The van der Waals surface area contributed by atoms with Crippen molar-refractivity contribution in [1.82, 2.24) is 5.32 Å². The Bertz CT molecular complexity index is 458. The van der Waals surface area contributed by atoms with Crippen molar-refractivity contribution in [2.75, 3.05) is 6.54 Å². The number of aryl methyl sites for hydroxylation is 1. The second kappa shape index (κ2) is 5.92. The Morgan fingerprint density at radius 2 is 2.00 bits per heavy atom. The van der Waals surface area contributed by atoms with Crippen LogP contribution in [0.25, 0.3) is 5.57 Å². The van der Waals surface area contributed by atoms with Gasteiger partial charge in [-0.3, -0.25) is 0 Å². The Balaban J connectivity index is 3.18. The molecule has 0 heterocycles. The molecule has 0 unspecified atom stereocenters. The van der Waals surface area contributed by atoms with Gasteiger partial charge in [-0.25, -0.2) is 0 Å². The van der Waals surface area contributed by atoms with E-state index in [2.05, 4.69) is 39.6 Å². The molecule has 17 heavy (non-hydrogen) atoms. The third-order valence-electron chi connectivity index (χ3n) is 3.01. The minimum Gasteiger partial charge on any atom is -0.386 e. The molecule has 1 nitrogen and oxygen atoms in total. The lowest BCUT2D eigenvalue weighted by atomic mass is 9.97. The summed E-state index contributed by atoms with van der Waals surface area (Å²) < 4.78 is 0. The van der Waals surface area contributed by atoms with Gasteiger partial charge >= 0.3 is 0 Å². The van der Waals surface area contributed by atoms with Crippen LogP contribution in [0.1, 0.15) is 31.9 Å². The van der Waals surface area contributed by atoms with Crippen LogP contribution in [0.4, 0.5) is 0 Å². The number of benzene rings is 1. The van der Waals surface area contributed by atoms with E-state index in [0.717, 1.165) is 17.3 Å². The molecule has 1 rings (SSSR count). The highest BCUT2D eigenvalue weighted by Crippen LogP contribution is 2.26. The molecule has 0 amide bonds. The van der Waals surface area contributed by atoms with E-state index in [-0.39, 0.29) is 0 Å². The third-order valence-corrected chi connectivity index (χ3v) is 3.24. The first-order chi connectivity index (χ1) is 7.97. The van der Waals surface area contributed by atoms with Crippen LogP contribution in [0.2, 0.25) is 5.02 Å². The van der Waals surface area contributed by atoms with Gasteiger partial charge in [-0.1, -0.05) is 24.2 Å². The fourth-order valence-corrected chi connectivity index (χ4v) is 1.94. The van der Waals surface area contributed by atoms with Gasteiger partial charge in [0.2, 0.25) is 0 Å². The zero-order chi connectivity index (χ0) is 13.0. The maximum atomic E-state index is 6.05. The largest absolute Gasteiger partial charge is 0.386 e. The Hall–Kier alpha value is -1.21. The molecule has 1 aromatic carbocycles. The number of hydrogen-bond donors (Lipinski definition) is 1. The maximum absolute atomic E-state index is 6.05. The van der Waals surface area contributed by atoms with Crippen molar-refractivity contribution >= 4 is 17.2 Å². The topological polar surface area (TPSA) is 12.0 Å². The maximum Gasteiger partial charge on any atom is 0.0412 e. The fraction of sp³-hybridized carbons (Fsp3) is 0.333. The van der Waals surface area contributed by atoms with Crippen molar-refractivity contribution in [2.45, 2.75) is 27.7 Å². The van der Waals surface area contributed by atoms with Crippen LogP contribution >= 0.6 is 11.6 Å². The Labute approximate surface area is 109 Å². The Morgan fingerprint density at radius 3 is 2.59 bits per heavy atom. The molecule has 1 aromatic rings. The molecule has 0 spiro atoms. The second-order valence-electron chi connectivity index (χ2n) is 4.22. The van der Waals surface area contributed by atoms with E-state index in [0.29, 0.717) is 0 Å². The van der Waals surface area contributed by atoms with E-state index in [1.807, 2.05) is 18.2 Å². The number of allylic oxidation sites excluding steroid dienone is 2. The highest BCUT2D eigenvalue weighted by atomic mass is 35.5. The van der Waals surface area contributed by atoms with Crippen molar-refractivity contribution in [2.24, 2.45) is 0 Å². The first kappa shape index (κ1) is 13.9. The van der Waals surface area contributed by atoms with Crippen LogP contribution in [-0.4, -0.2) is 6.54 Å². The molecule has 0 bridgehead atoms. The summed E-state index contributed by atoms with van der Waals surface area (Å²) in [5, 5.41) is 4.01. The molecule has 0 aliphatic heterocycles. The summed E-state index contributed by atoms with van der Waals surface area (Å²) in [6.45, 7) is 13.3. The van der Waals surface area contributed by atoms with Gasteiger partial charge in [0.1, 0.15) is 0 Å². The molecule has 0 fully saturated rings. The number of likely N-dealkylation sites (N-methyl/N-ethyl adjacent to an activating group) is 1. The lowest BCUT2D eigenvalue weighted by Crippen LogP contribution is -2.12. The smallest absolute Gasteiger partial charge is 0.0412 e. The van der Waals surface area contributed by atoms with Crippen LogP contribution in [0.3, 0.4) is 0 Å². The summed E-state index contributed by atoms with van der Waals surface area (Å²) in [7, 11) is 0. The molecule has 92 valence electrons. The summed E-state index contributed by atoms with van der Waals surface area (Å²) in [4.78, 5) is 0. The standard InChI is InChI=1S/C15H20ClN/c1-6-17-13(5)11(3)12(4)15-9-14(16)8-7-10(15)2/h7-9,17H,5-6H2,1-4H3/b12-11+. The third kappa shape index (κ3) is 3.37. The van der Waals surface area contributed by atoms with Gasteiger partial charge in [-0.15, -0.1) is 0 Å². The van der Waals surface area contributed by atoms with Crippen LogP contribution in [0.15, 0.2) is 36.0 Å². The molecule has 1 N–H and O–H groups in total. The van der Waals surface area contributed by atoms with Gasteiger partial charge < -0.3 is 5.32 Å². The normalized spacial score (nSPS) is 12.1. The van der Waals surface area contributed by atoms with Gasteiger partial charge in [0, 0.05) is 17.3 Å². The second-order valence-corrected chi connectivity index (χ2v) is 4.65. The van der Waals surface area contributed by atoms with E-state index in [1.165, 1.54) is 22.3 Å². The molecule has 0 saturated heterocycles. The van der Waals surface area contributed by atoms with E-state index >= 15 is 0 Å². The van der Waals surface area contributed by atoms with Crippen LogP contribution < -0.4 is 5.32 Å². The lowest BCUT2D eigenvalue weighted by molar-refractivity contribution is 0.867. The van der Waals surface area contributed by atoms with Gasteiger partial charge in [0.25, 0.3) is 0 Å². The number of rotatable bonds is 4. The highest BCUT2D eigenvalue weighted by Gasteiger charge is 2.06. The molecule has 0 saturated carbocycles. The lowest BCUT2D eigenvalue weighted by Gasteiger charge is -2.14. The van der Waals surface area contributed by atoms with E-state index in [1.54, 1.807) is 0 Å². The number of nitrogens with one attached hydrogen (secondary N) is 1. The molecule has 0 atom stereocenters. The van der Waals surface area contributed by atoms with Gasteiger partial charge in [-0.05, 0) is 62.1 Å². The highest BCUT2D eigenvalue weighted by molar-refractivity contribution is 6.30. The summed E-state index contributed by atoms with van der Waals surface area (Å²) in [5.74, 6) is 0. The summed E-state index contributed by atoms with van der Waals surface area (Å²) in [6.07, 6.45) is 0. The fourth-order valence-electron chi connectivity index (χ4n) is 1.77. The van der Waals surface area contributed by atoms with Crippen molar-refractivity contribution in [3.63, 3.8) is 0 Å². The van der Waals surface area contributed by atoms with Gasteiger partial charge in [0.15, 0.2) is 0 Å². The van der Waals surface area contributed by atoms with Gasteiger partial charge in [0.05, 0.1) is 0 Å². The van der Waals surface area contributed by atoms with Crippen LogP contribution in [0.5, 0.6) is 0 Å². The summed E-state index contributed by atoms with van der Waals surface area (Å²) in [5.41, 5.74) is 5.79. The van der Waals surface area contributed by atoms with Crippen LogP contribution in [0, 0.1) is 6.92 Å². The summed E-state index contributed by atoms with van der Waals surface area (Å²) >= 11 is 6.05. The molecule has 0 radical (unpaired) electrons. The Morgan fingerprint density at radius 1 is 1.35 bits per heavy atom. The monoisotopic (exact) mass is 249 g/mol. The van der Waals surface area contributed by atoms with E-state index in [9.17, 15) is 0 Å². The first-order valence-electron chi connectivity index (χ1n) is 5.84. The molecule has 0 aliphatic carbocycles. The van der Waals surface area contributed by atoms with Crippen molar-refractivity contribution < 1.29 is 0 Å². The van der Waals surface area contributed by atoms with Gasteiger partial charge in [-0.2, -0.15) is 0 Å². The predicted octanol–water partition coefficient (Wildman–Crippen LogP) is 4.57. The van der Waals surface area contributed by atoms with Crippen molar-refractivity contribution in [3.05, 3.63) is 52.2 Å². The molecular formula is C15H20ClN. The zero-order valence-electron chi connectivity index (χ0n) is 11.0. The Kier molecular flexibility index (Phi) is 4.83. The number of hydrogen-bond acceptors (Lipinski definition) is 1. The van der Waals surface area contributed by atoms with Crippen molar-refractivity contribution in [3.8, 4) is 0 Å². The first-order valence-corrected chi connectivity index (χ1v) is 6.22. The summed E-state index contributed by atoms with van der Waals surface area (Å²) in [6, 6.07) is 5.97. The quantitative estimate of drug-likeness (QED) is 0.771. The average molecular weight is 250 g/mol. The van der Waals surface area contributed by atoms with E-state index < -0.39 is 0 Å². The predicted molar refractivity (Wildman–Crippen MR) is 77.3 cm³/mol. The molecule has 0 aliphatic rings. The minimum absolute atomic E-state index is 0.770. The minimum atomic E-state index is 0.770. The SMILES string of the molecule is C=C(NCC)/C(C)=C(\C)c1cc(Cl)ccc1C. The molecular weight excluding hydrogens is 230 g/mol. The number of halogens is 1. The zero-order valence-corrected chi connectivity index (χ0v) is 11.8. The molecule has 0 aromatic heterocycles. The van der Waals surface area contributed by atoms with Crippen LogP contribution in [-0.2, 0) is 0 Å². The van der Waals surface area contributed by atoms with Crippen molar-refractivity contribution in [1.29, 1.82) is 0 Å². The average Bonchev–Trinajstić information content (AvgIpc) is 2.30. The van der Waals surface area contributed by atoms with E-state index in [4.69, 9.17) is 11.6 Å².